The monoisotopic (exact) mass is 378 g/mol. The summed E-state index contributed by atoms with van der Waals surface area (Å²) in [5, 5.41) is 6.45. The fraction of sp³-hybridized carbons (Fsp3) is 0.579. The van der Waals surface area contributed by atoms with Crippen LogP contribution in [0.25, 0.3) is 11.0 Å². The van der Waals surface area contributed by atoms with E-state index in [1.165, 1.54) is 12.8 Å². The van der Waals surface area contributed by atoms with Crippen molar-refractivity contribution in [2.24, 2.45) is 5.92 Å². The first-order valence-corrected chi connectivity index (χ1v) is 9.39. The lowest BCUT2D eigenvalue weighted by Gasteiger charge is -2.30. The molecule has 4 rings (SSSR count). The van der Waals surface area contributed by atoms with Crippen molar-refractivity contribution in [1.29, 1.82) is 0 Å². The van der Waals surface area contributed by atoms with Crippen LogP contribution in [0.4, 0.5) is 0 Å². The maximum absolute atomic E-state index is 12.6. The smallest absolute Gasteiger partial charge is 0.326 e. The number of piperidine rings is 1. The van der Waals surface area contributed by atoms with Crippen molar-refractivity contribution in [2.75, 3.05) is 13.1 Å². The number of imidazole rings is 1. The van der Waals surface area contributed by atoms with Gasteiger partial charge in [-0.15, -0.1) is 12.4 Å². The first-order valence-electron chi connectivity index (χ1n) is 9.39. The highest BCUT2D eigenvalue weighted by Gasteiger charge is 2.24. The van der Waals surface area contributed by atoms with E-state index in [0.29, 0.717) is 11.5 Å². The molecule has 2 unspecified atom stereocenters. The lowest BCUT2D eigenvalue weighted by atomic mass is 9.94. The van der Waals surface area contributed by atoms with E-state index >= 15 is 0 Å². The lowest BCUT2D eigenvalue weighted by molar-refractivity contribution is 0.0915. The van der Waals surface area contributed by atoms with Gasteiger partial charge in [-0.1, -0.05) is 19.8 Å². The summed E-state index contributed by atoms with van der Waals surface area (Å²) in [6.45, 7) is 3.99. The Morgan fingerprint density at radius 1 is 1.23 bits per heavy atom. The van der Waals surface area contributed by atoms with Crippen LogP contribution in [-0.4, -0.2) is 34.6 Å². The molecule has 2 aromatic rings. The standard InChI is InChI=1S/C19H26N4O2.ClH/c1-12-8-9-20-11-16(12)21-18(24)13-6-7-17-15(10-13)22-19(25)23(17)14-4-2-3-5-14;/h6-7,10,12,14,16,20H,2-5,8-9,11H2,1H3,(H,21,24)(H,22,25);1H. The number of rotatable bonds is 3. The van der Waals surface area contributed by atoms with E-state index in [-0.39, 0.29) is 36.1 Å². The van der Waals surface area contributed by atoms with Crippen LogP contribution in [0.15, 0.2) is 23.0 Å². The van der Waals surface area contributed by atoms with E-state index in [4.69, 9.17) is 0 Å². The maximum atomic E-state index is 12.6. The third kappa shape index (κ3) is 3.53. The number of H-pyrrole nitrogens is 1. The van der Waals surface area contributed by atoms with E-state index in [0.717, 1.165) is 43.4 Å². The van der Waals surface area contributed by atoms with Crippen LogP contribution >= 0.6 is 12.4 Å². The highest BCUT2D eigenvalue weighted by Crippen LogP contribution is 2.30. The number of aromatic nitrogens is 2. The van der Waals surface area contributed by atoms with Crippen molar-refractivity contribution in [2.45, 2.75) is 51.1 Å². The molecule has 7 heteroatoms. The molecule has 2 aliphatic rings. The van der Waals surface area contributed by atoms with Gasteiger partial charge in [0.25, 0.3) is 5.91 Å². The van der Waals surface area contributed by atoms with Gasteiger partial charge in [0.15, 0.2) is 0 Å². The Kier molecular flexibility index (Phi) is 5.73. The molecule has 0 bridgehead atoms. The SMILES string of the molecule is CC1CCNCC1NC(=O)c1ccc2c(c1)[nH]c(=O)n2C1CCCC1.Cl. The second-order valence-corrected chi connectivity index (χ2v) is 7.52. The first kappa shape index (κ1) is 19.0. The van der Waals surface area contributed by atoms with Gasteiger partial charge in [0, 0.05) is 24.2 Å². The minimum atomic E-state index is -0.0723. The topological polar surface area (TPSA) is 78.9 Å². The van der Waals surface area contributed by atoms with Crippen LogP contribution in [0.5, 0.6) is 0 Å². The normalized spacial score (nSPS) is 23.7. The van der Waals surface area contributed by atoms with Gasteiger partial charge < -0.3 is 15.6 Å². The molecule has 26 heavy (non-hydrogen) atoms. The van der Waals surface area contributed by atoms with Crippen LogP contribution in [0.2, 0.25) is 0 Å². The predicted octanol–water partition coefficient (Wildman–Crippen LogP) is 2.59. The predicted molar refractivity (Wildman–Crippen MR) is 105 cm³/mol. The molecule has 0 radical (unpaired) electrons. The average molecular weight is 379 g/mol. The number of nitrogens with one attached hydrogen (secondary N) is 3. The zero-order chi connectivity index (χ0) is 17.4. The summed E-state index contributed by atoms with van der Waals surface area (Å²) in [7, 11) is 0. The molecular weight excluding hydrogens is 352 g/mol. The number of hydrogen-bond acceptors (Lipinski definition) is 3. The van der Waals surface area contributed by atoms with Crippen LogP contribution in [0.3, 0.4) is 0 Å². The largest absolute Gasteiger partial charge is 0.348 e. The minimum Gasteiger partial charge on any atom is -0.348 e. The number of carbonyl (C=O) groups excluding carboxylic acids is 1. The van der Waals surface area contributed by atoms with Gasteiger partial charge in [0.05, 0.1) is 11.0 Å². The van der Waals surface area contributed by atoms with E-state index in [9.17, 15) is 9.59 Å². The molecular formula is C19H27ClN4O2. The van der Waals surface area contributed by atoms with Gasteiger partial charge in [-0.25, -0.2) is 4.79 Å². The summed E-state index contributed by atoms with van der Waals surface area (Å²) in [5.41, 5.74) is 2.19. The van der Waals surface area contributed by atoms with E-state index in [2.05, 4.69) is 22.5 Å². The van der Waals surface area contributed by atoms with Gasteiger partial charge in [-0.2, -0.15) is 0 Å². The Morgan fingerprint density at radius 2 is 2.00 bits per heavy atom. The number of benzene rings is 1. The molecule has 6 nitrogen and oxygen atoms in total. The van der Waals surface area contributed by atoms with Crippen LogP contribution in [-0.2, 0) is 0 Å². The Morgan fingerprint density at radius 3 is 2.73 bits per heavy atom. The summed E-state index contributed by atoms with van der Waals surface area (Å²) < 4.78 is 1.87. The van der Waals surface area contributed by atoms with E-state index in [1.54, 1.807) is 6.07 Å². The molecule has 2 fully saturated rings. The fourth-order valence-electron chi connectivity index (χ4n) is 4.23. The van der Waals surface area contributed by atoms with Gasteiger partial charge in [0.1, 0.15) is 0 Å². The van der Waals surface area contributed by atoms with Crippen LogP contribution in [0, 0.1) is 5.92 Å². The van der Waals surface area contributed by atoms with Crippen molar-refractivity contribution in [3.63, 3.8) is 0 Å². The second-order valence-electron chi connectivity index (χ2n) is 7.52. The quantitative estimate of drug-likeness (QED) is 0.768. The van der Waals surface area contributed by atoms with Crippen molar-refractivity contribution in [1.82, 2.24) is 20.2 Å². The number of nitrogens with zero attached hydrogens (tertiary/aromatic N) is 1. The van der Waals surface area contributed by atoms with Crippen LogP contribution < -0.4 is 16.3 Å². The number of fused-ring (bicyclic) bond motifs is 1. The van der Waals surface area contributed by atoms with Crippen molar-refractivity contribution in [3.8, 4) is 0 Å². The third-order valence-corrected chi connectivity index (χ3v) is 5.81. The van der Waals surface area contributed by atoms with Gasteiger partial charge in [-0.05, 0) is 49.9 Å². The summed E-state index contributed by atoms with van der Waals surface area (Å²) in [6.07, 6.45) is 5.54. The second kappa shape index (κ2) is 7.84. The van der Waals surface area contributed by atoms with E-state index in [1.807, 2.05) is 16.7 Å². The van der Waals surface area contributed by atoms with Crippen molar-refractivity contribution < 1.29 is 4.79 Å². The molecule has 0 spiro atoms. The number of carbonyl (C=O) groups is 1. The maximum Gasteiger partial charge on any atom is 0.326 e. The van der Waals surface area contributed by atoms with Gasteiger partial charge in [-0.3, -0.25) is 9.36 Å². The molecule has 2 atom stereocenters. The Hall–Kier alpha value is -1.79. The third-order valence-electron chi connectivity index (χ3n) is 5.81. The van der Waals surface area contributed by atoms with Crippen LogP contribution in [0.1, 0.15) is 55.4 Å². The number of amides is 1. The highest BCUT2D eigenvalue weighted by atomic mass is 35.5. The Labute approximate surface area is 159 Å². The average Bonchev–Trinajstić information content (AvgIpc) is 3.22. The zero-order valence-electron chi connectivity index (χ0n) is 15.1. The lowest BCUT2D eigenvalue weighted by Crippen LogP contribution is -2.50. The summed E-state index contributed by atoms with van der Waals surface area (Å²) >= 11 is 0. The Balaban J connectivity index is 0.00000196. The molecule has 3 N–H and O–H groups in total. The number of aromatic amines is 1. The molecule has 1 saturated carbocycles. The molecule has 1 saturated heterocycles. The summed E-state index contributed by atoms with van der Waals surface area (Å²) in [5.74, 6) is 0.397. The number of halogens is 1. The van der Waals surface area contributed by atoms with Crippen molar-refractivity contribution in [3.05, 3.63) is 34.2 Å². The fourth-order valence-corrected chi connectivity index (χ4v) is 4.23. The highest BCUT2D eigenvalue weighted by molar-refractivity contribution is 5.97. The minimum absolute atomic E-state index is 0. The number of hydrogen-bond donors (Lipinski definition) is 3. The van der Waals surface area contributed by atoms with E-state index < -0.39 is 0 Å². The molecule has 142 valence electrons. The zero-order valence-corrected chi connectivity index (χ0v) is 15.9. The molecule has 1 aliphatic carbocycles. The summed E-state index contributed by atoms with van der Waals surface area (Å²) in [4.78, 5) is 27.9. The molecule has 1 aromatic heterocycles. The molecule has 2 heterocycles. The van der Waals surface area contributed by atoms with Crippen molar-refractivity contribution >= 4 is 29.3 Å². The summed E-state index contributed by atoms with van der Waals surface area (Å²) in [6, 6.07) is 5.98. The van der Waals surface area contributed by atoms with Gasteiger partial charge >= 0.3 is 5.69 Å². The molecule has 1 aromatic carbocycles. The van der Waals surface area contributed by atoms with Gasteiger partial charge in [0.2, 0.25) is 0 Å². The Bertz CT molecular complexity index is 838. The first-order chi connectivity index (χ1) is 12.1. The molecule has 1 aliphatic heterocycles. The molecule has 1 amide bonds.